The summed E-state index contributed by atoms with van der Waals surface area (Å²) in [5.41, 5.74) is 7.06. The highest BCUT2D eigenvalue weighted by molar-refractivity contribution is 5.87. The molecule has 4 heterocycles. The van der Waals surface area contributed by atoms with Gasteiger partial charge < -0.3 is 11.1 Å². The van der Waals surface area contributed by atoms with Gasteiger partial charge in [-0.05, 0) is 31.2 Å². The molecule has 23 heavy (non-hydrogen) atoms. The molecule has 4 aromatic rings. The number of anilines is 2. The lowest BCUT2D eigenvalue weighted by Crippen LogP contribution is -2.12. The summed E-state index contributed by atoms with van der Waals surface area (Å²) in [6.07, 6.45) is 3.40. The van der Waals surface area contributed by atoms with Crippen molar-refractivity contribution in [2.24, 2.45) is 0 Å². The fraction of sp³-hybridized carbons (Fsp3) is 0.133. The van der Waals surface area contributed by atoms with Crippen molar-refractivity contribution in [2.75, 3.05) is 11.1 Å². The predicted molar refractivity (Wildman–Crippen MR) is 86.8 cm³/mol. The van der Waals surface area contributed by atoms with Gasteiger partial charge in [0.1, 0.15) is 18.0 Å². The molecule has 0 aliphatic carbocycles. The quantitative estimate of drug-likeness (QED) is 0.594. The number of pyridine rings is 2. The Morgan fingerprint density at radius 1 is 1.13 bits per heavy atom. The molecule has 0 saturated carbocycles. The number of hydrogen-bond donors (Lipinski definition) is 2. The minimum atomic E-state index is -0.0944. The van der Waals surface area contributed by atoms with Crippen LogP contribution >= 0.6 is 0 Å². The molecule has 0 spiro atoms. The standard InChI is InChI=1S/C15H14N8/c1-9(15-22-21-12-4-2-3-7-23(12)15)19-13-10-5-6-11(16)20-14(10)18-8-17-13/h2-9H,1H3,(H3,16,17,18,19,20). The van der Waals surface area contributed by atoms with E-state index in [1.807, 2.05) is 41.8 Å². The first-order chi connectivity index (χ1) is 11.2. The van der Waals surface area contributed by atoms with Crippen LogP contribution in [-0.2, 0) is 0 Å². The van der Waals surface area contributed by atoms with E-state index in [0.717, 1.165) is 16.9 Å². The lowest BCUT2D eigenvalue weighted by molar-refractivity contribution is 0.769. The van der Waals surface area contributed by atoms with Gasteiger partial charge in [-0.15, -0.1) is 10.2 Å². The monoisotopic (exact) mass is 306 g/mol. The van der Waals surface area contributed by atoms with Crippen LogP contribution < -0.4 is 11.1 Å². The number of hydrogen-bond acceptors (Lipinski definition) is 7. The van der Waals surface area contributed by atoms with E-state index >= 15 is 0 Å². The van der Waals surface area contributed by atoms with E-state index in [1.165, 1.54) is 6.33 Å². The van der Waals surface area contributed by atoms with Crippen LogP contribution in [0, 0.1) is 0 Å². The van der Waals surface area contributed by atoms with Gasteiger partial charge in [0, 0.05) is 6.20 Å². The van der Waals surface area contributed by atoms with Crippen LogP contribution in [0.15, 0.2) is 42.9 Å². The lowest BCUT2D eigenvalue weighted by Gasteiger charge is -2.14. The second-order valence-electron chi connectivity index (χ2n) is 5.18. The van der Waals surface area contributed by atoms with Gasteiger partial charge >= 0.3 is 0 Å². The Labute approximate surface area is 131 Å². The molecule has 0 fully saturated rings. The summed E-state index contributed by atoms with van der Waals surface area (Å²) in [5, 5.41) is 12.6. The fourth-order valence-electron chi connectivity index (χ4n) is 2.50. The van der Waals surface area contributed by atoms with Gasteiger partial charge in [-0.2, -0.15) is 0 Å². The van der Waals surface area contributed by atoms with Crippen molar-refractivity contribution in [3.05, 3.63) is 48.7 Å². The average molecular weight is 306 g/mol. The predicted octanol–water partition coefficient (Wildman–Crippen LogP) is 1.82. The summed E-state index contributed by atoms with van der Waals surface area (Å²) in [7, 11) is 0. The summed E-state index contributed by atoms with van der Waals surface area (Å²) >= 11 is 0. The number of rotatable bonds is 3. The maximum Gasteiger partial charge on any atom is 0.166 e. The van der Waals surface area contributed by atoms with Crippen LogP contribution in [0.1, 0.15) is 18.8 Å². The van der Waals surface area contributed by atoms with Gasteiger partial charge in [-0.1, -0.05) is 6.07 Å². The van der Waals surface area contributed by atoms with Crippen LogP contribution in [0.3, 0.4) is 0 Å². The first kappa shape index (κ1) is 13.4. The van der Waals surface area contributed by atoms with Gasteiger partial charge in [-0.3, -0.25) is 4.40 Å². The molecule has 0 saturated heterocycles. The third-order valence-electron chi connectivity index (χ3n) is 3.60. The second-order valence-corrected chi connectivity index (χ2v) is 5.18. The van der Waals surface area contributed by atoms with E-state index in [2.05, 4.69) is 30.5 Å². The van der Waals surface area contributed by atoms with Crippen molar-refractivity contribution in [1.82, 2.24) is 29.5 Å². The third kappa shape index (κ3) is 2.30. The summed E-state index contributed by atoms with van der Waals surface area (Å²) in [6.45, 7) is 2.00. The van der Waals surface area contributed by atoms with Crippen molar-refractivity contribution in [1.29, 1.82) is 0 Å². The topological polar surface area (TPSA) is 107 Å². The van der Waals surface area contributed by atoms with Gasteiger partial charge in [0.15, 0.2) is 17.1 Å². The molecule has 0 radical (unpaired) electrons. The van der Waals surface area contributed by atoms with Crippen molar-refractivity contribution in [3.63, 3.8) is 0 Å². The molecule has 3 N–H and O–H groups in total. The normalized spacial score (nSPS) is 12.6. The van der Waals surface area contributed by atoms with E-state index < -0.39 is 0 Å². The van der Waals surface area contributed by atoms with E-state index in [1.54, 1.807) is 6.07 Å². The molecule has 0 aliphatic heterocycles. The summed E-state index contributed by atoms with van der Waals surface area (Å²) in [6, 6.07) is 9.28. The minimum absolute atomic E-state index is 0.0944. The van der Waals surface area contributed by atoms with Crippen LogP contribution in [0.5, 0.6) is 0 Å². The Kier molecular flexibility index (Phi) is 3.00. The van der Waals surface area contributed by atoms with Gasteiger partial charge in [0.2, 0.25) is 0 Å². The zero-order valence-electron chi connectivity index (χ0n) is 12.4. The first-order valence-electron chi connectivity index (χ1n) is 7.16. The first-order valence-corrected chi connectivity index (χ1v) is 7.16. The van der Waals surface area contributed by atoms with E-state index in [9.17, 15) is 0 Å². The Balaban J connectivity index is 1.73. The summed E-state index contributed by atoms with van der Waals surface area (Å²) in [4.78, 5) is 12.7. The van der Waals surface area contributed by atoms with Crippen molar-refractivity contribution >= 4 is 28.3 Å². The highest BCUT2D eigenvalue weighted by atomic mass is 15.3. The zero-order chi connectivity index (χ0) is 15.8. The van der Waals surface area contributed by atoms with Gasteiger partial charge in [0.05, 0.1) is 11.4 Å². The van der Waals surface area contributed by atoms with E-state index in [0.29, 0.717) is 17.3 Å². The number of fused-ring (bicyclic) bond motifs is 2. The molecule has 8 nitrogen and oxygen atoms in total. The Bertz CT molecular complexity index is 993. The number of nitrogens with one attached hydrogen (secondary N) is 1. The van der Waals surface area contributed by atoms with Crippen LogP contribution in [0.25, 0.3) is 16.7 Å². The van der Waals surface area contributed by atoms with Gasteiger partial charge in [-0.25, -0.2) is 15.0 Å². The molecule has 4 rings (SSSR count). The molecule has 4 aromatic heterocycles. The Morgan fingerprint density at radius 2 is 2.04 bits per heavy atom. The zero-order valence-corrected chi connectivity index (χ0v) is 12.4. The molecule has 8 heteroatoms. The molecule has 0 aliphatic rings. The number of nitrogens with two attached hydrogens (primary N) is 1. The van der Waals surface area contributed by atoms with Crippen LogP contribution in [0.2, 0.25) is 0 Å². The highest BCUT2D eigenvalue weighted by Crippen LogP contribution is 2.23. The summed E-state index contributed by atoms with van der Waals surface area (Å²) < 4.78 is 1.94. The van der Waals surface area contributed by atoms with Crippen molar-refractivity contribution in [2.45, 2.75) is 13.0 Å². The van der Waals surface area contributed by atoms with E-state index in [-0.39, 0.29) is 6.04 Å². The largest absolute Gasteiger partial charge is 0.384 e. The number of aromatic nitrogens is 6. The summed E-state index contributed by atoms with van der Waals surface area (Å²) in [5.74, 6) is 1.91. The molecule has 114 valence electrons. The lowest BCUT2D eigenvalue weighted by atomic mass is 10.2. The molecule has 0 aromatic carbocycles. The Morgan fingerprint density at radius 3 is 2.96 bits per heavy atom. The molecular weight excluding hydrogens is 292 g/mol. The molecular formula is C15H14N8. The maximum atomic E-state index is 5.70. The van der Waals surface area contributed by atoms with E-state index in [4.69, 9.17) is 5.73 Å². The third-order valence-corrected chi connectivity index (χ3v) is 3.60. The molecule has 1 unspecified atom stereocenters. The fourth-order valence-corrected chi connectivity index (χ4v) is 2.50. The Hall–Kier alpha value is -3.29. The van der Waals surface area contributed by atoms with Crippen LogP contribution in [-0.4, -0.2) is 29.5 Å². The number of nitrogen functional groups attached to an aromatic ring is 1. The molecule has 1 atom stereocenters. The highest BCUT2D eigenvalue weighted by Gasteiger charge is 2.15. The second kappa shape index (κ2) is 5.16. The smallest absolute Gasteiger partial charge is 0.166 e. The van der Waals surface area contributed by atoms with Crippen LogP contribution in [0.4, 0.5) is 11.6 Å². The average Bonchev–Trinajstić information content (AvgIpc) is 2.99. The molecule has 0 bridgehead atoms. The molecule has 0 amide bonds. The van der Waals surface area contributed by atoms with Crippen molar-refractivity contribution in [3.8, 4) is 0 Å². The SMILES string of the molecule is CC(Nc1ncnc2nc(N)ccc12)c1nnc2ccccn12. The van der Waals surface area contributed by atoms with Crippen molar-refractivity contribution < 1.29 is 0 Å². The minimum Gasteiger partial charge on any atom is -0.384 e. The maximum absolute atomic E-state index is 5.70. The van der Waals surface area contributed by atoms with Gasteiger partial charge in [0.25, 0.3) is 0 Å². The number of nitrogens with zero attached hydrogens (tertiary/aromatic N) is 6.